The molecule has 0 saturated heterocycles. The first-order valence-corrected chi connectivity index (χ1v) is 9.53. The molecule has 0 fully saturated rings. The summed E-state index contributed by atoms with van der Waals surface area (Å²) in [5.41, 5.74) is 1.85. The molecule has 0 unspecified atom stereocenters. The third-order valence-corrected chi connectivity index (χ3v) is 5.43. The Bertz CT molecular complexity index is 862. The van der Waals surface area contributed by atoms with Gasteiger partial charge in [0, 0.05) is 26.6 Å². The Balaban J connectivity index is 1.58. The van der Waals surface area contributed by atoms with Gasteiger partial charge >= 0.3 is 6.03 Å². The third-order valence-electron chi connectivity index (χ3n) is 3.52. The van der Waals surface area contributed by atoms with E-state index in [1.807, 2.05) is 44.2 Å². The lowest BCUT2D eigenvalue weighted by atomic mass is 10.2. The molecule has 0 aliphatic carbocycles. The van der Waals surface area contributed by atoms with E-state index in [1.54, 1.807) is 29.3 Å². The van der Waals surface area contributed by atoms with Crippen LogP contribution in [0.3, 0.4) is 0 Å². The highest BCUT2D eigenvalue weighted by Crippen LogP contribution is 2.30. The van der Waals surface area contributed by atoms with E-state index in [0.717, 1.165) is 26.0 Å². The maximum atomic E-state index is 12.1. The number of hydrogen-bond donors (Lipinski definition) is 2. The molecule has 0 spiro atoms. The smallest absolute Gasteiger partial charge is 0.319 e. The minimum absolute atomic E-state index is 0.211. The van der Waals surface area contributed by atoms with Gasteiger partial charge in [-0.05, 0) is 49.7 Å². The Morgan fingerprint density at radius 3 is 2.60 bits per heavy atom. The van der Waals surface area contributed by atoms with Crippen molar-refractivity contribution in [3.8, 4) is 0 Å². The van der Waals surface area contributed by atoms with Crippen LogP contribution in [0.5, 0.6) is 0 Å². The van der Waals surface area contributed by atoms with Gasteiger partial charge in [-0.3, -0.25) is 0 Å². The highest BCUT2D eigenvalue weighted by atomic mass is 32.2. The number of benzene rings is 2. The van der Waals surface area contributed by atoms with Gasteiger partial charge in [0.15, 0.2) is 0 Å². The van der Waals surface area contributed by atoms with Crippen molar-refractivity contribution >= 4 is 34.8 Å². The van der Waals surface area contributed by atoms with Crippen molar-refractivity contribution in [1.82, 2.24) is 10.3 Å². The van der Waals surface area contributed by atoms with Crippen molar-refractivity contribution < 1.29 is 4.79 Å². The Labute approximate surface area is 155 Å². The van der Waals surface area contributed by atoms with Crippen LogP contribution < -0.4 is 10.6 Å². The number of carbonyl (C=O) groups excluding carboxylic acids is 1. The van der Waals surface area contributed by atoms with Gasteiger partial charge in [-0.15, -0.1) is 11.3 Å². The summed E-state index contributed by atoms with van der Waals surface area (Å²) in [4.78, 5) is 19.6. The molecule has 2 aromatic carbocycles. The number of aromatic nitrogens is 1. The Morgan fingerprint density at radius 1 is 1.12 bits per heavy atom. The van der Waals surface area contributed by atoms with E-state index < -0.39 is 0 Å². The summed E-state index contributed by atoms with van der Waals surface area (Å²) >= 11 is 3.29. The molecule has 1 aromatic heterocycles. The fourth-order valence-electron chi connectivity index (χ4n) is 2.29. The largest absolute Gasteiger partial charge is 0.333 e. The molecule has 1 heterocycles. The maximum Gasteiger partial charge on any atom is 0.319 e. The lowest BCUT2D eigenvalue weighted by molar-refractivity contribution is 0.252. The first kappa shape index (κ1) is 17.5. The minimum Gasteiger partial charge on any atom is -0.333 e. The van der Waals surface area contributed by atoms with Crippen LogP contribution in [-0.2, 0) is 6.54 Å². The van der Waals surface area contributed by atoms with Crippen molar-refractivity contribution in [2.45, 2.75) is 30.2 Å². The average molecular weight is 370 g/mol. The molecule has 0 aliphatic rings. The zero-order valence-corrected chi connectivity index (χ0v) is 15.7. The fourth-order valence-corrected chi connectivity index (χ4v) is 3.96. The number of rotatable bonds is 5. The van der Waals surface area contributed by atoms with Crippen molar-refractivity contribution in [1.29, 1.82) is 0 Å². The summed E-state index contributed by atoms with van der Waals surface area (Å²) in [5.74, 6) is 0. The van der Waals surface area contributed by atoms with Gasteiger partial charge in [0.05, 0.1) is 11.6 Å². The quantitative estimate of drug-likeness (QED) is 0.647. The molecule has 2 N–H and O–H groups in total. The van der Waals surface area contributed by atoms with Crippen molar-refractivity contribution in [2.24, 2.45) is 0 Å². The Kier molecular flexibility index (Phi) is 5.73. The second-order valence-corrected chi connectivity index (χ2v) is 8.01. The molecule has 0 atom stereocenters. The SMILES string of the molecule is Cc1ncc(CNC(=O)Nc2ccc(Sc3ccccc3)cc2C)s1. The van der Waals surface area contributed by atoms with Gasteiger partial charge in [-0.25, -0.2) is 9.78 Å². The Morgan fingerprint density at radius 2 is 1.92 bits per heavy atom. The lowest BCUT2D eigenvalue weighted by Crippen LogP contribution is -2.28. The van der Waals surface area contributed by atoms with E-state index in [-0.39, 0.29) is 6.03 Å². The van der Waals surface area contributed by atoms with E-state index >= 15 is 0 Å². The van der Waals surface area contributed by atoms with Crippen LogP contribution >= 0.6 is 23.1 Å². The van der Waals surface area contributed by atoms with Gasteiger partial charge in [-0.2, -0.15) is 0 Å². The van der Waals surface area contributed by atoms with Crippen molar-refractivity contribution in [2.75, 3.05) is 5.32 Å². The number of hydrogen-bond acceptors (Lipinski definition) is 4. The highest BCUT2D eigenvalue weighted by molar-refractivity contribution is 7.99. The summed E-state index contributed by atoms with van der Waals surface area (Å²) in [6, 6.07) is 16.1. The van der Waals surface area contributed by atoms with Crippen molar-refractivity contribution in [3.63, 3.8) is 0 Å². The molecule has 3 rings (SSSR count). The van der Waals surface area contributed by atoms with Gasteiger partial charge in [0.25, 0.3) is 0 Å². The maximum absolute atomic E-state index is 12.1. The first-order chi connectivity index (χ1) is 12.1. The average Bonchev–Trinajstić information content (AvgIpc) is 3.02. The van der Waals surface area contributed by atoms with E-state index in [9.17, 15) is 4.79 Å². The number of amides is 2. The normalized spacial score (nSPS) is 10.5. The number of thiazole rings is 1. The molecule has 128 valence electrons. The van der Waals surface area contributed by atoms with Gasteiger partial charge < -0.3 is 10.6 Å². The molecular formula is C19H19N3OS2. The fraction of sp³-hybridized carbons (Fsp3) is 0.158. The molecule has 0 bridgehead atoms. The summed E-state index contributed by atoms with van der Waals surface area (Å²) in [6.45, 7) is 4.43. The first-order valence-electron chi connectivity index (χ1n) is 7.90. The molecular weight excluding hydrogens is 350 g/mol. The van der Waals surface area contributed by atoms with Crippen LogP contribution in [0.4, 0.5) is 10.5 Å². The van der Waals surface area contributed by atoms with E-state index in [2.05, 4.69) is 33.8 Å². The number of carbonyl (C=O) groups is 1. The minimum atomic E-state index is -0.211. The summed E-state index contributed by atoms with van der Waals surface area (Å²) in [7, 11) is 0. The predicted octanol–water partition coefficient (Wildman–Crippen LogP) is 5.23. The van der Waals surface area contributed by atoms with Crippen molar-refractivity contribution in [3.05, 3.63) is 70.2 Å². The van der Waals surface area contributed by atoms with Crippen LogP contribution in [0, 0.1) is 13.8 Å². The Hall–Kier alpha value is -2.31. The van der Waals surface area contributed by atoms with Gasteiger partial charge in [0.1, 0.15) is 0 Å². The monoisotopic (exact) mass is 369 g/mol. The van der Waals surface area contributed by atoms with Gasteiger partial charge in [0.2, 0.25) is 0 Å². The number of anilines is 1. The number of urea groups is 1. The molecule has 6 heteroatoms. The molecule has 25 heavy (non-hydrogen) atoms. The van der Waals surface area contributed by atoms with Crippen LogP contribution in [-0.4, -0.2) is 11.0 Å². The zero-order valence-electron chi connectivity index (χ0n) is 14.1. The second kappa shape index (κ2) is 8.18. The second-order valence-electron chi connectivity index (χ2n) is 5.55. The number of nitrogens with one attached hydrogen (secondary N) is 2. The van der Waals surface area contributed by atoms with Crippen LogP contribution in [0.15, 0.2) is 64.5 Å². The molecule has 0 radical (unpaired) electrons. The molecule has 4 nitrogen and oxygen atoms in total. The van der Waals surface area contributed by atoms with E-state index in [4.69, 9.17) is 0 Å². The van der Waals surface area contributed by atoms with Gasteiger partial charge in [-0.1, -0.05) is 30.0 Å². The summed E-state index contributed by atoms with van der Waals surface area (Å²) in [6.07, 6.45) is 1.79. The predicted molar refractivity (Wildman–Crippen MR) is 104 cm³/mol. The van der Waals surface area contributed by atoms with E-state index in [0.29, 0.717) is 6.54 Å². The van der Waals surface area contributed by atoms with Crippen LogP contribution in [0.2, 0.25) is 0 Å². The number of aryl methyl sites for hydroxylation is 2. The molecule has 3 aromatic rings. The van der Waals surface area contributed by atoms with Crippen LogP contribution in [0.1, 0.15) is 15.4 Å². The molecule has 0 saturated carbocycles. The van der Waals surface area contributed by atoms with Crippen LogP contribution in [0.25, 0.3) is 0 Å². The standard InChI is InChI=1S/C19H19N3OS2/c1-13-10-16(25-15-6-4-3-5-7-15)8-9-18(13)22-19(23)21-12-17-11-20-14(2)24-17/h3-11H,12H2,1-2H3,(H2,21,22,23). The third kappa shape index (κ3) is 5.08. The molecule has 0 aliphatic heterocycles. The van der Waals surface area contributed by atoms with E-state index in [1.165, 1.54) is 4.90 Å². The summed E-state index contributed by atoms with van der Waals surface area (Å²) in [5, 5.41) is 6.76. The lowest BCUT2D eigenvalue weighted by Gasteiger charge is -2.11. The zero-order chi connectivity index (χ0) is 17.6. The topological polar surface area (TPSA) is 54.0 Å². The highest BCUT2D eigenvalue weighted by Gasteiger charge is 2.07. The summed E-state index contributed by atoms with van der Waals surface area (Å²) < 4.78 is 0. The number of nitrogens with zero attached hydrogens (tertiary/aromatic N) is 1. The molecule has 2 amide bonds.